The summed E-state index contributed by atoms with van der Waals surface area (Å²) in [4.78, 5) is 16.0. The minimum Gasteiger partial charge on any atom is -0.463 e. The molecule has 2 fully saturated rings. The average molecular weight is 425 g/mol. The number of esters is 1. The number of benzene rings is 1. The first-order chi connectivity index (χ1) is 14.3. The van der Waals surface area contributed by atoms with Gasteiger partial charge in [0.1, 0.15) is 0 Å². The molecule has 3 rings (SSSR count). The Morgan fingerprint density at radius 2 is 1.87 bits per heavy atom. The van der Waals surface area contributed by atoms with E-state index in [0.29, 0.717) is 18.2 Å². The summed E-state index contributed by atoms with van der Waals surface area (Å²) in [6.07, 6.45) is 2.64. The van der Waals surface area contributed by atoms with Crippen LogP contribution in [-0.2, 0) is 15.7 Å². The molecule has 1 saturated carbocycles. The molecule has 1 aliphatic heterocycles. The van der Waals surface area contributed by atoms with Gasteiger partial charge in [0.25, 0.3) is 0 Å². The number of carbonyl (C=O) groups is 1. The molecular formula is C23H31F3N2O2. The number of rotatable bonds is 6. The monoisotopic (exact) mass is 424 g/mol. The second kappa shape index (κ2) is 10.3. The van der Waals surface area contributed by atoms with Crippen molar-refractivity contribution in [2.24, 2.45) is 5.92 Å². The molecule has 1 aromatic carbocycles. The molecule has 2 aliphatic rings. The standard InChI is InChI=1S/C23H31F3N2O2/c1-2-30-22(29)16-19-8-6-18(7-9-19)10-11-27-12-14-28(15-13-27)21-5-3-4-20(17-21)23(24,25)26/h3-5,16-18H,2,6-15H2,1H3. The van der Waals surface area contributed by atoms with Gasteiger partial charge >= 0.3 is 12.1 Å². The molecule has 1 aliphatic carbocycles. The molecule has 1 aromatic rings. The van der Waals surface area contributed by atoms with Gasteiger partial charge in [-0.1, -0.05) is 11.6 Å². The molecule has 0 atom stereocenters. The van der Waals surface area contributed by atoms with Gasteiger partial charge in [0.2, 0.25) is 0 Å². The fraction of sp³-hybridized carbons (Fsp3) is 0.609. The summed E-state index contributed by atoms with van der Waals surface area (Å²) in [5.41, 5.74) is 1.26. The molecule has 0 aromatic heterocycles. The highest BCUT2D eigenvalue weighted by molar-refractivity contribution is 5.82. The van der Waals surface area contributed by atoms with Gasteiger partial charge in [0.15, 0.2) is 0 Å². The molecule has 4 nitrogen and oxygen atoms in total. The van der Waals surface area contributed by atoms with Gasteiger partial charge in [-0.25, -0.2) is 4.79 Å². The highest BCUT2D eigenvalue weighted by atomic mass is 19.4. The van der Waals surface area contributed by atoms with Crippen LogP contribution in [0.5, 0.6) is 0 Å². The van der Waals surface area contributed by atoms with Crippen LogP contribution in [0.4, 0.5) is 18.9 Å². The number of hydrogen-bond donors (Lipinski definition) is 0. The Morgan fingerprint density at radius 3 is 2.50 bits per heavy atom. The van der Waals surface area contributed by atoms with E-state index in [1.165, 1.54) is 17.7 Å². The third-order valence-electron chi connectivity index (χ3n) is 6.12. The van der Waals surface area contributed by atoms with Gasteiger partial charge < -0.3 is 9.64 Å². The second-order valence-corrected chi connectivity index (χ2v) is 8.16. The molecule has 7 heteroatoms. The molecule has 0 radical (unpaired) electrons. The van der Waals surface area contributed by atoms with Crippen molar-refractivity contribution >= 4 is 11.7 Å². The summed E-state index contributed by atoms with van der Waals surface area (Å²) in [5, 5.41) is 0. The lowest BCUT2D eigenvalue weighted by Crippen LogP contribution is -2.47. The van der Waals surface area contributed by atoms with E-state index < -0.39 is 11.7 Å². The Morgan fingerprint density at radius 1 is 1.17 bits per heavy atom. The molecule has 30 heavy (non-hydrogen) atoms. The first-order valence-corrected chi connectivity index (χ1v) is 10.9. The van der Waals surface area contributed by atoms with Crippen LogP contribution < -0.4 is 4.90 Å². The molecule has 0 amide bonds. The zero-order valence-electron chi connectivity index (χ0n) is 17.6. The van der Waals surface area contributed by atoms with E-state index in [-0.39, 0.29) is 5.97 Å². The SMILES string of the molecule is CCOC(=O)C=C1CCC(CCN2CCN(c3cccc(C(F)(F)F)c3)CC2)CC1. The van der Waals surface area contributed by atoms with E-state index >= 15 is 0 Å². The molecular weight excluding hydrogens is 393 g/mol. The van der Waals surface area contributed by atoms with Crippen LogP contribution in [0.2, 0.25) is 0 Å². The molecule has 0 unspecified atom stereocenters. The van der Waals surface area contributed by atoms with Crippen LogP contribution in [-0.4, -0.2) is 50.2 Å². The number of carbonyl (C=O) groups excluding carboxylic acids is 1. The van der Waals surface area contributed by atoms with Crippen molar-refractivity contribution in [3.63, 3.8) is 0 Å². The Kier molecular flexibility index (Phi) is 7.81. The maximum atomic E-state index is 12.9. The maximum absolute atomic E-state index is 12.9. The fourth-order valence-corrected chi connectivity index (χ4v) is 4.31. The lowest BCUT2D eigenvalue weighted by molar-refractivity contribution is -0.138. The van der Waals surface area contributed by atoms with Gasteiger partial charge in [-0.15, -0.1) is 0 Å². The number of hydrogen-bond acceptors (Lipinski definition) is 4. The van der Waals surface area contributed by atoms with Gasteiger partial charge in [-0.2, -0.15) is 13.2 Å². The van der Waals surface area contributed by atoms with E-state index in [0.717, 1.165) is 70.9 Å². The van der Waals surface area contributed by atoms with Crippen molar-refractivity contribution in [1.29, 1.82) is 0 Å². The first kappa shape index (κ1) is 22.7. The minimum absolute atomic E-state index is 0.232. The maximum Gasteiger partial charge on any atom is 0.416 e. The van der Waals surface area contributed by atoms with E-state index in [4.69, 9.17) is 4.74 Å². The first-order valence-electron chi connectivity index (χ1n) is 10.9. The summed E-state index contributed by atoms with van der Waals surface area (Å²) >= 11 is 0. The fourth-order valence-electron chi connectivity index (χ4n) is 4.31. The zero-order valence-corrected chi connectivity index (χ0v) is 17.6. The Labute approximate surface area is 176 Å². The number of ether oxygens (including phenoxy) is 1. The van der Waals surface area contributed by atoms with Crippen LogP contribution in [0.25, 0.3) is 0 Å². The molecule has 0 N–H and O–H groups in total. The molecule has 0 spiro atoms. The predicted molar refractivity (Wildman–Crippen MR) is 111 cm³/mol. The van der Waals surface area contributed by atoms with Gasteiger partial charge in [-0.3, -0.25) is 4.90 Å². The highest BCUT2D eigenvalue weighted by Gasteiger charge is 2.31. The zero-order chi connectivity index (χ0) is 21.6. The van der Waals surface area contributed by atoms with Crippen molar-refractivity contribution in [1.82, 2.24) is 4.90 Å². The molecule has 166 valence electrons. The van der Waals surface area contributed by atoms with Crippen molar-refractivity contribution in [2.45, 2.75) is 45.2 Å². The summed E-state index contributed by atoms with van der Waals surface area (Å²) in [5.74, 6) is 0.440. The lowest BCUT2D eigenvalue weighted by atomic mass is 9.83. The summed E-state index contributed by atoms with van der Waals surface area (Å²) < 4.78 is 43.8. The Bertz CT molecular complexity index is 730. The lowest BCUT2D eigenvalue weighted by Gasteiger charge is -2.37. The number of halogens is 3. The van der Waals surface area contributed by atoms with Crippen LogP contribution in [0.1, 0.15) is 44.6 Å². The minimum atomic E-state index is -4.30. The summed E-state index contributed by atoms with van der Waals surface area (Å²) in [6, 6.07) is 5.61. The number of allylic oxidation sites excluding steroid dienone is 1. The molecule has 1 heterocycles. The van der Waals surface area contributed by atoms with Crippen LogP contribution in [0.15, 0.2) is 35.9 Å². The van der Waals surface area contributed by atoms with E-state index in [9.17, 15) is 18.0 Å². The average Bonchev–Trinajstić information content (AvgIpc) is 2.73. The third-order valence-corrected chi connectivity index (χ3v) is 6.12. The number of alkyl halides is 3. The normalized spacial score (nSPS) is 20.9. The van der Waals surface area contributed by atoms with Crippen molar-refractivity contribution < 1.29 is 22.7 Å². The largest absolute Gasteiger partial charge is 0.463 e. The van der Waals surface area contributed by atoms with Crippen LogP contribution in [0.3, 0.4) is 0 Å². The Hall–Kier alpha value is -2.02. The quantitative estimate of drug-likeness (QED) is 0.481. The van der Waals surface area contributed by atoms with Crippen molar-refractivity contribution in [2.75, 3.05) is 44.2 Å². The second-order valence-electron chi connectivity index (χ2n) is 8.16. The summed E-state index contributed by atoms with van der Waals surface area (Å²) in [7, 11) is 0. The van der Waals surface area contributed by atoms with Crippen molar-refractivity contribution in [3.05, 3.63) is 41.5 Å². The van der Waals surface area contributed by atoms with Gasteiger partial charge in [0.05, 0.1) is 12.2 Å². The highest BCUT2D eigenvalue weighted by Crippen LogP contribution is 2.32. The van der Waals surface area contributed by atoms with Gasteiger partial charge in [-0.05, 0) is 69.7 Å². The van der Waals surface area contributed by atoms with E-state index in [1.807, 2.05) is 11.8 Å². The summed E-state index contributed by atoms with van der Waals surface area (Å²) in [6.45, 7) is 6.49. The Balaban J connectivity index is 1.39. The van der Waals surface area contributed by atoms with Crippen LogP contribution in [0, 0.1) is 5.92 Å². The molecule has 0 bridgehead atoms. The van der Waals surface area contributed by atoms with Crippen molar-refractivity contribution in [3.8, 4) is 0 Å². The number of anilines is 1. The number of nitrogens with zero attached hydrogens (tertiary/aromatic N) is 2. The van der Waals surface area contributed by atoms with Crippen LogP contribution >= 0.6 is 0 Å². The molecule has 1 saturated heterocycles. The number of piperazine rings is 1. The predicted octanol–water partition coefficient (Wildman–Crippen LogP) is 4.90. The van der Waals surface area contributed by atoms with Gasteiger partial charge in [0, 0.05) is 37.9 Å². The van der Waals surface area contributed by atoms with E-state index in [1.54, 1.807) is 12.1 Å². The van der Waals surface area contributed by atoms with E-state index in [2.05, 4.69) is 4.90 Å². The third kappa shape index (κ3) is 6.49. The topological polar surface area (TPSA) is 32.8 Å². The smallest absolute Gasteiger partial charge is 0.416 e.